The maximum atomic E-state index is 11.4. The Kier molecular flexibility index (Phi) is 3.09. The second kappa shape index (κ2) is 4.69. The Morgan fingerprint density at radius 3 is 2.88 bits per heavy atom. The van der Waals surface area contributed by atoms with Gasteiger partial charge in [-0.25, -0.2) is 4.98 Å². The fourth-order valence-electron chi connectivity index (χ4n) is 1.41. The predicted molar refractivity (Wildman–Crippen MR) is 62.7 cm³/mol. The monoisotopic (exact) mass is 232 g/mol. The summed E-state index contributed by atoms with van der Waals surface area (Å²) >= 11 is 0. The maximum Gasteiger partial charge on any atom is 0.297 e. The van der Waals surface area contributed by atoms with Crippen LogP contribution < -0.4 is 15.0 Å². The lowest BCUT2D eigenvalue weighted by Crippen LogP contribution is -2.10. The molecule has 5 heteroatoms. The summed E-state index contributed by atoms with van der Waals surface area (Å²) in [5.74, 6) is 0.831. The zero-order valence-electron chi connectivity index (χ0n) is 9.56. The minimum absolute atomic E-state index is 0.0639. The van der Waals surface area contributed by atoms with Crippen LogP contribution in [0.5, 0.6) is 17.4 Å². The molecule has 0 fully saturated rings. The zero-order chi connectivity index (χ0) is 12.3. The summed E-state index contributed by atoms with van der Waals surface area (Å²) < 4.78 is 10.5. The number of aromatic amines is 1. The van der Waals surface area contributed by atoms with Crippen molar-refractivity contribution >= 4 is 0 Å². The average molecular weight is 232 g/mol. The summed E-state index contributed by atoms with van der Waals surface area (Å²) in [7, 11) is 1.40. The molecule has 0 saturated carbocycles. The molecule has 2 aromatic rings. The fourth-order valence-corrected chi connectivity index (χ4v) is 1.41. The third-order valence-corrected chi connectivity index (χ3v) is 2.19. The molecule has 0 saturated heterocycles. The van der Waals surface area contributed by atoms with Crippen molar-refractivity contribution in [1.82, 2.24) is 9.97 Å². The van der Waals surface area contributed by atoms with Crippen LogP contribution in [0.2, 0.25) is 0 Å². The van der Waals surface area contributed by atoms with Crippen LogP contribution in [-0.4, -0.2) is 17.1 Å². The van der Waals surface area contributed by atoms with Gasteiger partial charge in [0, 0.05) is 0 Å². The molecule has 88 valence electrons. The molecule has 0 atom stereocenters. The average Bonchev–Trinajstić information content (AvgIpc) is 2.29. The van der Waals surface area contributed by atoms with Gasteiger partial charge in [0.05, 0.1) is 13.4 Å². The Morgan fingerprint density at radius 1 is 1.35 bits per heavy atom. The van der Waals surface area contributed by atoms with Gasteiger partial charge in [0.2, 0.25) is 5.75 Å². The van der Waals surface area contributed by atoms with Crippen molar-refractivity contribution in [3.8, 4) is 17.4 Å². The van der Waals surface area contributed by atoms with Crippen molar-refractivity contribution < 1.29 is 9.47 Å². The Bertz CT molecular complexity index is 578. The first-order valence-electron chi connectivity index (χ1n) is 5.07. The number of hydrogen-bond acceptors (Lipinski definition) is 4. The number of rotatable bonds is 3. The number of nitrogens with one attached hydrogen (secondary N) is 1. The number of aryl methyl sites for hydroxylation is 1. The van der Waals surface area contributed by atoms with Crippen LogP contribution >= 0.6 is 0 Å². The second-order valence-electron chi connectivity index (χ2n) is 3.49. The van der Waals surface area contributed by atoms with Gasteiger partial charge in [-0.15, -0.1) is 0 Å². The van der Waals surface area contributed by atoms with Crippen molar-refractivity contribution in [1.29, 1.82) is 0 Å². The van der Waals surface area contributed by atoms with E-state index in [1.165, 1.54) is 13.4 Å². The Hall–Kier alpha value is -2.30. The Morgan fingerprint density at radius 2 is 2.18 bits per heavy atom. The Labute approximate surface area is 98.0 Å². The molecule has 0 aliphatic carbocycles. The highest BCUT2D eigenvalue weighted by molar-refractivity contribution is 5.36. The third-order valence-electron chi connectivity index (χ3n) is 2.19. The van der Waals surface area contributed by atoms with E-state index in [4.69, 9.17) is 9.47 Å². The van der Waals surface area contributed by atoms with E-state index in [2.05, 4.69) is 9.97 Å². The summed E-state index contributed by atoms with van der Waals surface area (Å²) in [5.41, 5.74) is 0.691. The lowest BCUT2D eigenvalue weighted by Gasteiger charge is -2.07. The van der Waals surface area contributed by atoms with E-state index in [0.717, 1.165) is 5.56 Å². The molecule has 1 heterocycles. The first-order valence-corrected chi connectivity index (χ1v) is 5.07. The number of methoxy groups -OCH3 is 1. The summed E-state index contributed by atoms with van der Waals surface area (Å²) in [6, 6.07) is 7.46. The topological polar surface area (TPSA) is 64.2 Å². The van der Waals surface area contributed by atoms with Gasteiger partial charge in [0.1, 0.15) is 5.75 Å². The largest absolute Gasteiger partial charge is 0.487 e. The lowest BCUT2D eigenvalue weighted by molar-refractivity contribution is 0.363. The molecule has 1 N–H and O–H groups in total. The van der Waals surface area contributed by atoms with Crippen molar-refractivity contribution in [2.45, 2.75) is 6.92 Å². The van der Waals surface area contributed by atoms with E-state index in [-0.39, 0.29) is 17.2 Å². The van der Waals surface area contributed by atoms with Crippen LogP contribution in [0, 0.1) is 6.92 Å². The molecule has 2 rings (SSSR count). The number of hydrogen-bond donors (Lipinski definition) is 1. The standard InChI is InChI=1S/C12H12N2O3/c1-8-4-3-5-9(6-8)17-12-10(16-2)11(15)13-7-14-12/h3-7H,1-2H3,(H,13,14,15). The highest BCUT2D eigenvalue weighted by Gasteiger charge is 2.11. The number of H-pyrrole nitrogens is 1. The predicted octanol–water partition coefficient (Wildman–Crippen LogP) is 1.88. The van der Waals surface area contributed by atoms with E-state index >= 15 is 0 Å². The summed E-state index contributed by atoms with van der Waals surface area (Å²) in [6.07, 6.45) is 1.27. The van der Waals surface area contributed by atoms with E-state index in [0.29, 0.717) is 5.75 Å². The Balaban J connectivity index is 2.36. The second-order valence-corrected chi connectivity index (χ2v) is 3.49. The van der Waals surface area contributed by atoms with Gasteiger partial charge >= 0.3 is 0 Å². The van der Waals surface area contributed by atoms with Gasteiger partial charge in [-0.3, -0.25) is 4.79 Å². The summed E-state index contributed by atoms with van der Waals surface area (Å²) in [5, 5.41) is 0. The highest BCUT2D eigenvalue weighted by Crippen LogP contribution is 2.25. The molecule has 0 aliphatic rings. The molecule has 0 unspecified atom stereocenters. The van der Waals surface area contributed by atoms with Crippen LogP contribution in [0.1, 0.15) is 5.56 Å². The van der Waals surface area contributed by atoms with Crippen molar-refractivity contribution in [2.24, 2.45) is 0 Å². The van der Waals surface area contributed by atoms with Gasteiger partial charge in [-0.2, -0.15) is 0 Å². The van der Waals surface area contributed by atoms with E-state index in [1.54, 1.807) is 6.07 Å². The molecule has 1 aromatic carbocycles. The van der Waals surface area contributed by atoms with E-state index in [9.17, 15) is 4.79 Å². The summed E-state index contributed by atoms with van der Waals surface area (Å²) in [4.78, 5) is 17.8. The number of benzene rings is 1. The molecule has 5 nitrogen and oxygen atoms in total. The van der Waals surface area contributed by atoms with E-state index < -0.39 is 0 Å². The van der Waals surface area contributed by atoms with Gasteiger partial charge in [-0.05, 0) is 24.6 Å². The van der Waals surface area contributed by atoms with Gasteiger partial charge in [0.25, 0.3) is 11.4 Å². The first kappa shape index (κ1) is 11.2. The number of ether oxygens (including phenoxy) is 2. The van der Waals surface area contributed by atoms with Crippen LogP contribution in [0.3, 0.4) is 0 Å². The minimum atomic E-state index is -0.370. The number of aromatic nitrogens is 2. The normalized spacial score (nSPS) is 10.0. The molecular weight excluding hydrogens is 220 g/mol. The van der Waals surface area contributed by atoms with Gasteiger partial charge < -0.3 is 14.5 Å². The lowest BCUT2D eigenvalue weighted by atomic mass is 10.2. The first-order chi connectivity index (χ1) is 8.20. The zero-order valence-corrected chi connectivity index (χ0v) is 9.56. The SMILES string of the molecule is COc1c(Oc2cccc(C)c2)nc[nH]c1=O. The number of nitrogens with zero attached hydrogens (tertiary/aromatic N) is 1. The van der Waals surface area contributed by atoms with Crippen molar-refractivity contribution in [3.63, 3.8) is 0 Å². The van der Waals surface area contributed by atoms with Crippen LogP contribution in [0.4, 0.5) is 0 Å². The van der Waals surface area contributed by atoms with Crippen LogP contribution in [-0.2, 0) is 0 Å². The molecule has 0 bridgehead atoms. The molecule has 0 radical (unpaired) electrons. The highest BCUT2D eigenvalue weighted by atomic mass is 16.5. The van der Waals surface area contributed by atoms with Crippen LogP contribution in [0.15, 0.2) is 35.4 Å². The molecule has 0 spiro atoms. The van der Waals surface area contributed by atoms with Crippen LogP contribution in [0.25, 0.3) is 0 Å². The molecule has 0 aliphatic heterocycles. The van der Waals surface area contributed by atoms with E-state index in [1.807, 2.05) is 25.1 Å². The molecule has 17 heavy (non-hydrogen) atoms. The maximum absolute atomic E-state index is 11.4. The summed E-state index contributed by atoms with van der Waals surface area (Å²) in [6.45, 7) is 1.95. The van der Waals surface area contributed by atoms with Crippen molar-refractivity contribution in [2.75, 3.05) is 7.11 Å². The van der Waals surface area contributed by atoms with Crippen molar-refractivity contribution in [3.05, 3.63) is 46.5 Å². The molecule has 1 aromatic heterocycles. The fraction of sp³-hybridized carbons (Fsp3) is 0.167. The third kappa shape index (κ3) is 2.44. The quantitative estimate of drug-likeness (QED) is 0.877. The smallest absolute Gasteiger partial charge is 0.297 e. The van der Waals surface area contributed by atoms with Gasteiger partial charge in [0.15, 0.2) is 0 Å². The van der Waals surface area contributed by atoms with Gasteiger partial charge in [-0.1, -0.05) is 12.1 Å². The molecule has 0 amide bonds. The minimum Gasteiger partial charge on any atom is -0.487 e. The molecular formula is C12H12N2O3.